The summed E-state index contributed by atoms with van der Waals surface area (Å²) >= 11 is 0. The molecule has 0 bridgehead atoms. The van der Waals surface area contributed by atoms with Gasteiger partial charge in [-0.25, -0.2) is 4.79 Å². The summed E-state index contributed by atoms with van der Waals surface area (Å²) in [5.74, 6) is -1.87. The van der Waals surface area contributed by atoms with Crippen LogP contribution in [0.1, 0.15) is 11.1 Å². The van der Waals surface area contributed by atoms with E-state index in [0.29, 0.717) is 22.0 Å². The molecule has 0 aliphatic rings. The van der Waals surface area contributed by atoms with Gasteiger partial charge in [-0.05, 0) is 23.3 Å². The Morgan fingerprint density at radius 1 is 1.07 bits per heavy atom. The Bertz CT molecular complexity index is 1130. The number of H-pyrrole nitrogens is 1. The van der Waals surface area contributed by atoms with Crippen molar-refractivity contribution in [3.05, 3.63) is 65.7 Å². The summed E-state index contributed by atoms with van der Waals surface area (Å²) < 4.78 is 0. The first-order valence-electron chi connectivity index (χ1n) is 8.47. The zero-order chi connectivity index (χ0) is 20.8. The van der Waals surface area contributed by atoms with Crippen molar-refractivity contribution in [3.8, 4) is 5.88 Å². The van der Waals surface area contributed by atoms with E-state index in [1.807, 2.05) is 5.32 Å². The highest BCUT2D eigenvalue weighted by Crippen LogP contribution is 2.35. The van der Waals surface area contributed by atoms with Crippen LogP contribution in [-0.4, -0.2) is 33.1 Å². The van der Waals surface area contributed by atoms with Crippen LogP contribution >= 0.6 is 0 Å². The molecule has 3 amide bonds. The van der Waals surface area contributed by atoms with Crippen molar-refractivity contribution < 1.29 is 24.6 Å². The maximum atomic E-state index is 11.8. The van der Waals surface area contributed by atoms with Gasteiger partial charge in [0.2, 0.25) is 5.88 Å². The number of aromatic nitrogens is 1. The molecule has 0 atom stereocenters. The number of carboxylic acids is 1. The number of carbonyl (C=O) groups excluding carboxylic acids is 2. The molecule has 1 heterocycles. The number of hydrogen-bond donors (Lipinski definition) is 4. The summed E-state index contributed by atoms with van der Waals surface area (Å²) in [4.78, 5) is 37.0. The van der Waals surface area contributed by atoms with Crippen molar-refractivity contribution in [1.29, 1.82) is 0 Å². The molecular weight excluding hydrogens is 376 g/mol. The van der Waals surface area contributed by atoms with Gasteiger partial charge in [-0.3, -0.25) is 14.9 Å². The van der Waals surface area contributed by atoms with Crippen LogP contribution in [0, 0.1) is 0 Å². The lowest BCUT2D eigenvalue weighted by Gasteiger charge is -1.98. The fourth-order valence-corrected chi connectivity index (χ4v) is 2.57. The highest BCUT2D eigenvalue weighted by Gasteiger charge is 2.10. The topological polar surface area (TPSA) is 144 Å². The molecule has 9 nitrogen and oxygen atoms in total. The quantitative estimate of drug-likeness (QED) is 0.388. The maximum absolute atomic E-state index is 11.8. The Balaban J connectivity index is 1.59. The van der Waals surface area contributed by atoms with E-state index in [9.17, 15) is 19.5 Å². The molecule has 0 fully saturated rings. The second-order valence-electron chi connectivity index (χ2n) is 6.01. The lowest BCUT2D eigenvalue weighted by Crippen LogP contribution is -2.25. The van der Waals surface area contributed by atoms with Gasteiger partial charge in [-0.2, -0.15) is 0 Å². The summed E-state index contributed by atoms with van der Waals surface area (Å²) in [7, 11) is 0. The Hall–Kier alpha value is -4.27. The highest BCUT2D eigenvalue weighted by atomic mass is 16.4. The monoisotopic (exact) mass is 392 g/mol. The Morgan fingerprint density at radius 3 is 2.52 bits per heavy atom. The zero-order valence-electron chi connectivity index (χ0n) is 15.0. The average Bonchev–Trinajstić information content (AvgIpc) is 3.00. The van der Waals surface area contributed by atoms with Crippen LogP contribution in [0.25, 0.3) is 17.0 Å². The molecule has 0 spiro atoms. The number of azo groups is 1. The second kappa shape index (κ2) is 8.61. The summed E-state index contributed by atoms with van der Waals surface area (Å²) in [6.45, 7) is 0. The third-order valence-electron chi connectivity index (χ3n) is 3.89. The molecule has 4 N–H and O–H groups in total. The van der Waals surface area contributed by atoms with Gasteiger partial charge in [-0.1, -0.05) is 47.6 Å². The normalized spacial score (nSPS) is 11.3. The molecule has 29 heavy (non-hydrogen) atoms. The molecule has 9 heteroatoms. The van der Waals surface area contributed by atoms with Crippen LogP contribution in [0.5, 0.6) is 5.88 Å². The minimum Gasteiger partial charge on any atom is -0.493 e. The molecule has 0 unspecified atom stereocenters. The van der Waals surface area contributed by atoms with E-state index in [0.717, 1.165) is 6.08 Å². The number of imide groups is 1. The number of carboxylic acid groups (broad SMARTS) is 1. The van der Waals surface area contributed by atoms with E-state index >= 15 is 0 Å². The first-order chi connectivity index (χ1) is 13.9. The second-order valence-corrected chi connectivity index (χ2v) is 6.01. The maximum Gasteiger partial charge on any atom is 0.366 e. The smallest absolute Gasteiger partial charge is 0.366 e. The van der Waals surface area contributed by atoms with Gasteiger partial charge in [0.1, 0.15) is 0 Å². The first-order valence-corrected chi connectivity index (χ1v) is 8.47. The molecule has 0 saturated heterocycles. The SMILES string of the molecule is O=C(O)Cc1ccc(/C=C/C(=O)NC(=O)N=Nc2c(O)[nH]c3ccccc23)cc1. The number of aliphatic carboxylic acids is 1. The van der Waals surface area contributed by atoms with E-state index in [1.165, 1.54) is 6.08 Å². The fraction of sp³-hybridized carbons (Fsp3) is 0.0500. The van der Waals surface area contributed by atoms with Crippen LogP contribution in [0.3, 0.4) is 0 Å². The molecule has 3 rings (SSSR count). The molecule has 0 saturated carbocycles. The lowest BCUT2D eigenvalue weighted by atomic mass is 10.1. The third-order valence-corrected chi connectivity index (χ3v) is 3.89. The van der Waals surface area contributed by atoms with Gasteiger partial charge in [0.25, 0.3) is 5.91 Å². The molecule has 1 aromatic heterocycles. The van der Waals surface area contributed by atoms with Crippen molar-refractivity contribution in [1.82, 2.24) is 10.3 Å². The van der Waals surface area contributed by atoms with Gasteiger partial charge >= 0.3 is 12.0 Å². The number of nitrogens with one attached hydrogen (secondary N) is 2. The van der Waals surface area contributed by atoms with Crippen molar-refractivity contribution >= 4 is 40.6 Å². The zero-order valence-corrected chi connectivity index (χ0v) is 15.0. The van der Waals surface area contributed by atoms with Crippen LogP contribution in [0.2, 0.25) is 0 Å². The van der Waals surface area contributed by atoms with Crippen molar-refractivity contribution in [2.24, 2.45) is 10.2 Å². The predicted octanol–water partition coefficient (Wildman–Crippen LogP) is 3.53. The summed E-state index contributed by atoms with van der Waals surface area (Å²) in [6.07, 6.45) is 2.52. The minimum absolute atomic E-state index is 0.0873. The number of carbonyl (C=O) groups is 3. The highest BCUT2D eigenvalue weighted by molar-refractivity contribution is 6.02. The number of urea groups is 1. The molecule has 0 aliphatic heterocycles. The van der Waals surface area contributed by atoms with E-state index in [1.54, 1.807) is 48.5 Å². The number of rotatable bonds is 5. The first kappa shape index (κ1) is 19.5. The van der Waals surface area contributed by atoms with Crippen LogP contribution in [0.15, 0.2) is 64.8 Å². The number of aromatic amines is 1. The van der Waals surface area contributed by atoms with Gasteiger partial charge in [0, 0.05) is 11.5 Å². The number of para-hydroxylation sites is 1. The van der Waals surface area contributed by atoms with Crippen molar-refractivity contribution in [2.75, 3.05) is 0 Å². The number of amides is 3. The Kier molecular flexibility index (Phi) is 5.79. The van der Waals surface area contributed by atoms with E-state index in [4.69, 9.17) is 5.11 Å². The van der Waals surface area contributed by atoms with E-state index in [-0.39, 0.29) is 18.0 Å². The van der Waals surface area contributed by atoms with Crippen molar-refractivity contribution in [3.63, 3.8) is 0 Å². The molecule has 2 aromatic carbocycles. The summed E-state index contributed by atoms with van der Waals surface area (Å²) in [5.41, 5.74) is 2.02. The van der Waals surface area contributed by atoms with Gasteiger partial charge in [0.15, 0.2) is 5.69 Å². The number of nitrogens with zero attached hydrogens (tertiary/aromatic N) is 2. The third kappa shape index (κ3) is 5.13. The van der Waals surface area contributed by atoms with Gasteiger partial charge < -0.3 is 15.2 Å². The Morgan fingerprint density at radius 2 is 1.79 bits per heavy atom. The number of aromatic hydroxyl groups is 1. The van der Waals surface area contributed by atoms with Crippen LogP contribution < -0.4 is 5.32 Å². The van der Waals surface area contributed by atoms with Gasteiger partial charge in [-0.15, -0.1) is 5.11 Å². The molecule has 0 aliphatic carbocycles. The largest absolute Gasteiger partial charge is 0.493 e. The molecule has 146 valence electrons. The standard InChI is InChI=1S/C20H16N4O5/c25-16(10-9-12-5-7-13(8-6-12)11-17(26)27)22-20(29)24-23-18-14-3-1-2-4-15(14)21-19(18)28/h1-10,21,28H,11H2,(H,26,27)(H,22,25,29)/b10-9+,24-23?. The Labute approximate surface area is 164 Å². The average molecular weight is 392 g/mol. The van der Waals surface area contributed by atoms with Crippen molar-refractivity contribution in [2.45, 2.75) is 6.42 Å². The summed E-state index contributed by atoms with van der Waals surface area (Å²) in [5, 5.41) is 28.3. The summed E-state index contributed by atoms with van der Waals surface area (Å²) in [6, 6.07) is 12.6. The number of fused-ring (bicyclic) bond motifs is 1. The fourth-order valence-electron chi connectivity index (χ4n) is 2.57. The van der Waals surface area contributed by atoms with Crippen LogP contribution in [-0.2, 0) is 16.0 Å². The van der Waals surface area contributed by atoms with E-state index in [2.05, 4.69) is 15.2 Å². The molecule has 3 aromatic rings. The van der Waals surface area contributed by atoms with Gasteiger partial charge in [0.05, 0.1) is 11.9 Å². The number of benzene rings is 2. The molecular formula is C20H16N4O5. The van der Waals surface area contributed by atoms with Crippen LogP contribution in [0.4, 0.5) is 10.5 Å². The lowest BCUT2D eigenvalue weighted by molar-refractivity contribution is -0.136. The molecule has 0 radical (unpaired) electrons. The van der Waals surface area contributed by atoms with E-state index < -0.39 is 17.9 Å². The number of hydrogen-bond acceptors (Lipinski definition) is 5. The predicted molar refractivity (Wildman–Crippen MR) is 105 cm³/mol. The minimum atomic E-state index is -0.985.